The van der Waals surface area contributed by atoms with Crippen LogP contribution in [-0.4, -0.2) is 55.6 Å². The number of likely N-dealkylation sites (tertiary alicyclic amines) is 1. The Kier molecular flexibility index (Phi) is 9.40. The van der Waals surface area contributed by atoms with E-state index in [-0.39, 0.29) is 22.2 Å². The minimum atomic E-state index is -3.30. The second-order valence-electron chi connectivity index (χ2n) is 10.7. The maximum atomic E-state index is 14.9. The molecule has 10 nitrogen and oxygen atoms in total. The average Bonchev–Trinajstić information content (AvgIpc) is 3.00. The number of anilines is 2. The smallest absolute Gasteiger partial charge is 0.326 e. The first-order valence-corrected chi connectivity index (χ1v) is 16.0. The molecule has 1 saturated heterocycles. The van der Waals surface area contributed by atoms with Crippen molar-refractivity contribution in [3.63, 3.8) is 0 Å². The Bertz CT molecular complexity index is 1800. The lowest BCUT2D eigenvalue weighted by molar-refractivity contribution is 0.0996. The predicted molar refractivity (Wildman–Crippen MR) is 165 cm³/mol. The van der Waals surface area contributed by atoms with E-state index in [2.05, 4.69) is 15.2 Å². The second-order valence-corrected chi connectivity index (χ2v) is 12.7. The normalized spacial score (nSPS) is 14.1. The molecule has 234 valence electrons. The van der Waals surface area contributed by atoms with Crippen molar-refractivity contribution in [2.45, 2.75) is 30.3 Å². The molecule has 0 aliphatic carbocycles. The van der Waals surface area contributed by atoms with Crippen molar-refractivity contribution in [1.82, 2.24) is 9.88 Å². The van der Waals surface area contributed by atoms with Crippen LogP contribution in [0, 0.1) is 11.6 Å². The van der Waals surface area contributed by atoms with E-state index in [1.807, 2.05) is 6.07 Å². The van der Waals surface area contributed by atoms with Crippen LogP contribution in [-0.2, 0) is 16.4 Å². The summed E-state index contributed by atoms with van der Waals surface area (Å²) in [5.41, 5.74) is 5.95. The molecule has 0 unspecified atom stereocenters. The van der Waals surface area contributed by atoms with Crippen LogP contribution >= 0.6 is 0 Å². The monoisotopic (exact) mass is 635 g/mol. The summed E-state index contributed by atoms with van der Waals surface area (Å²) in [6.07, 6.45) is 3.96. The van der Waals surface area contributed by atoms with Gasteiger partial charge in [0.2, 0.25) is 5.88 Å². The van der Waals surface area contributed by atoms with Gasteiger partial charge in [-0.15, -0.1) is 0 Å². The van der Waals surface area contributed by atoms with E-state index in [0.29, 0.717) is 49.8 Å². The van der Waals surface area contributed by atoms with E-state index < -0.39 is 33.4 Å². The van der Waals surface area contributed by atoms with Gasteiger partial charge >= 0.3 is 6.03 Å². The highest BCUT2D eigenvalue weighted by Crippen LogP contribution is 2.28. The Hall–Kier alpha value is -4.88. The summed E-state index contributed by atoms with van der Waals surface area (Å²) in [5.74, 6) is -1.60. The second kappa shape index (κ2) is 13.4. The van der Waals surface area contributed by atoms with E-state index in [1.54, 1.807) is 30.5 Å². The van der Waals surface area contributed by atoms with Gasteiger partial charge < -0.3 is 15.8 Å². The Morgan fingerprint density at radius 2 is 1.73 bits per heavy atom. The van der Waals surface area contributed by atoms with Gasteiger partial charge in [-0.1, -0.05) is 18.2 Å². The Morgan fingerprint density at radius 3 is 2.36 bits per heavy atom. The third-order valence-corrected chi connectivity index (χ3v) is 8.54. The van der Waals surface area contributed by atoms with Crippen LogP contribution in [0.25, 0.3) is 0 Å². The molecule has 2 heterocycles. The van der Waals surface area contributed by atoms with Crippen LogP contribution in [0.5, 0.6) is 11.6 Å². The molecule has 0 saturated carbocycles. The number of urea groups is 1. The molecular weight excluding hydrogens is 604 g/mol. The van der Waals surface area contributed by atoms with Crippen molar-refractivity contribution < 1.29 is 31.5 Å². The zero-order valence-corrected chi connectivity index (χ0v) is 25.1. The number of hydrogen-bond donors (Lipinski definition) is 2. The van der Waals surface area contributed by atoms with Crippen LogP contribution in [0.3, 0.4) is 0 Å². The molecular formula is C32H31F2N5O5S. The third kappa shape index (κ3) is 7.80. The van der Waals surface area contributed by atoms with Gasteiger partial charge in [-0.25, -0.2) is 27.0 Å². The molecule has 13 heteroatoms. The first-order chi connectivity index (χ1) is 21.5. The molecule has 5 rings (SSSR count). The number of amides is 3. The summed E-state index contributed by atoms with van der Waals surface area (Å²) in [6, 6.07) is 18.3. The van der Waals surface area contributed by atoms with Crippen molar-refractivity contribution in [3.05, 3.63) is 108 Å². The lowest BCUT2D eigenvalue weighted by atomic mass is 10.0. The molecule has 0 atom stereocenters. The number of rotatable bonds is 9. The first-order valence-electron chi connectivity index (χ1n) is 14.1. The number of aromatic nitrogens is 1. The molecule has 0 radical (unpaired) electrons. The minimum Gasteiger partial charge on any atom is -0.439 e. The number of halogens is 2. The molecule has 3 amide bonds. The molecule has 0 bridgehead atoms. The van der Waals surface area contributed by atoms with Gasteiger partial charge in [0, 0.05) is 49.9 Å². The van der Waals surface area contributed by atoms with Crippen molar-refractivity contribution >= 4 is 33.2 Å². The number of primary amides is 1. The highest BCUT2D eigenvalue weighted by atomic mass is 32.2. The molecule has 3 N–H and O–H groups in total. The van der Waals surface area contributed by atoms with Crippen molar-refractivity contribution in [1.29, 1.82) is 0 Å². The lowest BCUT2D eigenvalue weighted by Gasteiger charge is -2.38. The van der Waals surface area contributed by atoms with Gasteiger partial charge in [-0.2, -0.15) is 0 Å². The first kappa shape index (κ1) is 31.5. The van der Waals surface area contributed by atoms with Crippen LogP contribution < -0.4 is 20.7 Å². The summed E-state index contributed by atoms with van der Waals surface area (Å²) in [7, 11) is -3.30. The summed E-state index contributed by atoms with van der Waals surface area (Å²) in [4.78, 5) is 33.3. The van der Waals surface area contributed by atoms with E-state index in [1.165, 1.54) is 53.4 Å². The fourth-order valence-corrected chi connectivity index (χ4v) is 5.78. The molecule has 45 heavy (non-hydrogen) atoms. The topological polar surface area (TPSA) is 135 Å². The van der Waals surface area contributed by atoms with Crippen LogP contribution in [0.15, 0.2) is 90.0 Å². The maximum absolute atomic E-state index is 14.9. The molecule has 3 aromatic carbocycles. The minimum absolute atomic E-state index is 0.200. The summed E-state index contributed by atoms with van der Waals surface area (Å²) >= 11 is 0. The van der Waals surface area contributed by atoms with E-state index in [4.69, 9.17) is 10.5 Å². The number of nitrogens with two attached hydrogens (primary N) is 1. The van der Waals surface area contributed by atoms with Crippen LogP contribution in [0.4, 0.5) is 25.0 Å². The number of sulfone groups is 1. The zero-order valence-electron chi connectivity index (χ0n) is 24.3. The average molecular weight is 636 g/mol. The van der Waals surface area contributed by atoms with Gasteiger partial charge in [0.1, 0.15) is 11.6 Å². The SMILES string of the molecule is CS(=O)(=O)c1ccc(Oc2ccc(CN3CCC(N(C(=O)Nc4cccc(C(N)=O)c4F)c4cccc(F)c4)CC3)cn2)cc1. The highest BCUT2D eigenvalue weighted by molar-refractivity contribution is 7.90. The number of piperidine rings is 1. The Labute approximate surface area is 259 Å². The molecule has 1 aromatic heterocycles. The summed E-state index contributed by atoms with van der Waals surface area (Å²) in [6.45, 7) is 1.85. The zero-order chi connectivity index (χ0) is 32.1. The molecule has 1 fully saturated rings. The number of benzene rings is 3. The molecule has 4 aromatic rings. The standard InChI is InChI=1S/C32H31F2N5O5S/c1-45(42,43)26-11-9-25(10-12-26)44-29-13-8-21(19-36-29)20-38-16-14-23(15-17-38)39(24-5-2-4-22(33)18-24)32(41)37-28-7-3-6-27(30(28)34)31(35)40/h2-13,18-19,23H,14-17,20H2,1H3,(H2,35,40)(H,37,41). The molecule has 1 aliphatic rings. The number of ether oxygens (including phenoxy) is 1. The number of carbonyl (C=O) groups excluding carboxylic acids is 2. The van der Waals surface area contributed by atoms with E-state index >= 15 is 0 Å². The summed E-state index contributed by atoms with van der Waals surface area (Å²) < 4.78 is 58.1. The number of pyridine rings is 1. The quantitative estimate of drug-likeness (QED) is 0.253. The number of nitrogens with one attached hydrogen (secondary N) is 1. The largest absolute Gasteiger partial charge is 0.439 e. The number of carbonyl (C=O) groups is 2. The van der Waals surface area contributed by atoms with Gasteiger partial charge in [-0.05, 0) is 73.0 Å². The maximum Gasteiger partial charge on any atom is 0.326 e. The van der Waals surface area contributed by atoms with Gasteiger partial charge in [-0.3, -0.25) is 14.6 Å². The van der Waals surface area contributed by atoms with Gasteiger partial charge in [0.05, 0.1) is 16.1 Å². The third-order valence-electron chi connectivity index (χ3n) is 7.41. The Balaban J connectivity index is 1.22. The van der Waals surface area contributed by atoms with Crippen LogP contribution in [0.1, 0.15) is 28.8 Å². The predicted octanol–water partition coefficient (Wildman–Crippen LogP) is 5.36. The van der Waals surface area contributed by atoms with Crippen LogP contribution in [0.2, 0.25) is 0 Å². The fourth-order valence-electron chi connectivity index (χ4n) is 5.15. The fraction of sp³-hybridized carbons (Fsp3) is 0.219. The van der Waals surface area contributed by atoms with Crippen molar-refractivity contribution in [2.75, 3.05) is 29.6 Å². The van der Waals surface area contributed by atoms with E-state index in [0.717, 1.165) is 11.8 Å². The highest BCUT2D eigenvalue weighted by Gasteiger charge is 2.30. The summed E-state index contributed by atoms with van der Waals surface area (Å²) in [5, 5.41) is 2.52. The van der Waals surface area contributed by atoms with Crippen molar-refractivity contribution in [3.8, 4) is 11.6 Å². The number of nitrogens with zero attached hydrogens (tertiary/aromatic N) is 3. The molecule has 1 aliphatic heterocycles. The number of hydrogen-bond acceptors (Lipinski definition) is 7. The van der Waals surface area contributed by atoms with Gasteiger partial charge in [0.25, 0.3) is 5.91 Å². The van der Waals surface area contributed by atoms with E-state index in [9.17, 15) is 26.8 Å². The Morgan fingerprint density at radius 1 is 1.02 bits per heavy atom. The van der Waals surface area contributed by atoms with Gasteiger partial charge in [0.15, 0.2) is 15.7 Å². The lowest BCUT2D eigenvalue weighted by Crippen LogP contribution is -2.49. The molecule has 0 spiro atoms. The van der Waals surface area contributed by atoms with Crippen molar-refractivity contribution in [2.24, 2.45) is 5.73 Å².